The number of nitrogens with one attached hydrogen (secondary N) is 1. The summed E-state index contributed by atoms with van der Waals surface area (Å²) in [6.45, 7) is 5.73. The van der Waals surface area contributed by atoms with E-state index in [-0.39, 0.29) is 5.82 Å². The van der Waals surface area contributed by atoms with Gasteiger partial charge in [0.05, 0.1) is 0 Å². The first kappa shape index (κ1) is 15.5. The van der Waals surface area contributed by atoms with Crippen LogP contribution in [0, 0.1) is 5.82 Å². The predicted octanol–water partition coefficient (Wildman–Crippen LogP) is 3.95. The Bertz CT molecular complexity index is 551. The van der Waals surface area contributed by atoms with Crippen LogP contribution in [-0.2, 0) is 13.0 Å². The van der Waals surface area contributed by atoms with Gasteiger partial charge in [-0.3, -0.25) is 0 Å². The maximum atomic E-state index is 13.0. The van der Waals surface area contributed by atoms with Gasteiger partial charge in [-0.1, -0.05) is 44.2 Å². The minimum atomic E-state index is -0.277. The molecule has 2 rings (SSSR count). The van der Waals surface area contributed by atoms with Gasteiger partial charge in [-0.15, -0.1) is 0 Å². The zero-order valence-electron chi connectivity index (χ0n) is 12.6. The Morgan fingerprint density at radius 2 is 1.76 bits per heavy atom. The molecule has 0 saturated heterocycles. The Balaban J connectivity index is 1.82. The van der Waals surface area contributed by atoms with Crippen LogP contribution < -0.4 is 10.1 Å². The second kappa shape index (κ2) is 7.79. The van der Waals surface area contributed by atoms with Crippen LogP contribution in [0.25, 0.3) is 0 Å². The van der Waals surface area contributed by atoms with Crippen LogP contribution >= 0.6 is 0 Å². The van der Waals surface area contributed by atoms with Crippen LogP contribution in [-0.4, -0.2) is 12.6 Å². The molecular formula is C18H22FNO. The third-order valence-corrected chi connectivity index (χ3v) is 3.19. The maximum Gasteiger partial charge on any atom is 0.126 e. The van der Waals surface area contributed by atoms with Gasteiger partial charge in [0, 0.05) is 12.1 Å². The molecule has 1 N–H and O–H groups in total. The van der Waals surface area contributed by atoms with Crippen molar-refractivity contribution in [1.82, 2.24) is 5.32 Å². The molecule has 0 bridgehead atoms. The van der Waals surface area contributed by atoms with Crippen molar-refractivity contribution in [1.29, 1.82) is 0 Å². The molecule has 2 aromatic rings. The highest BCUT2D eigenvalue weighted by atomic mass is 19.1. The van der Waals surface area contributed by atoms with E-state index in [1.165, 1.54) is 17.7 Å². The first-order valence-electron chi connectivity index (χ1n) is 7.33. The first-order valence-corrected chi connectivity index (χ1v) is 7.33. The van der Waals surface area contributed by atoms with Gasteiger partial charge in [0.15, 0.2) is 0 Å². The van der Waals surface area contributed by atoms with Crippen LogP contribution in [0.15, 0.2) is 48.5 Å². The molecule has 21 heavy (non-hydrogen) atoms. The number of benzene rings is 2. The van der Waals surface area contributed by atoms with E-state index in [1.807, 2.05) is 0 Å². The minimum Gasteiger partial charge on any atom is -0.489 e. The molecule has 0 unspecified atom stereocenters. The number of ether oxygens (including phenoxy) is 1. The summed E-state index contributed by atoms with van der Waals surface area (Å²) in [6, 6.07) is 15.1. The van der Waals surface area contributed by atoms with Gasteiger partial charge in [0.2, 0.25) is 0 Å². The van der Waals surface area contributed by atoms with Crippen molar-refractivity contribution in [3.8, 4) is 5.75 Å². The van der Waals surface area contributed by atoms with Gasteiger partial charge in [-0.05, 0) is 36.2 Å². The summed E-state index contributed by atoms with van der Waals surface area (Å²) in [5, 5.41) is 3.40. The fraction of sp³-hybridized carbons (Fsp3) is 0.333. The van der Waals surface area contributed by atoms with Gasteiger partial charge in [-0.2, -0.15) is 0 Å². The van der Waals surface area contributed by atoms with E-state index >= 15 is 0 Å². The van der Waals surface area contributed by atoms with E-state index in [2.05, 4.69) is 43.4 Å². The molecule has 0 amide bonds. The smallest absolute Gasteiger partial charge is 0.126 e. The van der Waals surface area contributed by atoms with Gasteiger partial charge in [-0.25, -0.2) is 4.39 Å². The largest absolute Gasteiger partial charge is 0.489 e. The fourth-order valence-corrected chi connectivity index (χ4v) is 2.03. The summed E-state index contributed by atoms with van der Waals surface area (Å²) in [6.07, 6.45) is 1.02. The van der Waals surface area contributed by atoms with Crippen LogP contribution in [0.3, 0.4) is 0 Å². The topological polar surface area (TPSA) is 21.3 Å². The molecule has 0 heterocycles. The number of hydrogen-bond donors (Lipinski definition) is 1. The van der Waals surface area contributed by atoms with Crippen molar-refractivity contribution < 1.29 is 9.13 Å². The second-order valence-corrected chi connectivity index (χ2v) is 5.42. The lowest BCUT2D eigenvalue weighted by molar-refractivity contribution is 0.304. The second-order valence-electron chi connectivity index (χ2n) is 5.42. The molecule has 0 atom stereocenters. The van der Waals surface area contributed by atoms with Crippen LogP contribution in [0.5, 0.6) is 5.75 Å². The van der Waals surface area contributed by atoms with E-state index in [0.29, 0.717) is 18.4 Å². The fourth-order valence-electron chi connectivity index (χ4n) is 2.03. The van der Waals surface area contributed by atoms with Crippen molar-refractivity contribution in [2.24, 2.45) is 0 Å². The van der Waals surface area contributed by atoms with Crippen molar-refractivity contribution in [3.63, 3.8) is 0 Å². The Hall–Kier alpha value is -1.87. The molecule has 0 spiro atoms. The number of halogens is 1. The van der Waals surface area contributed by atoms with E-state index < -0.39 is 0 Å². The number of hydrogen-bond acceptors (Lipinski definition) is 2. The van der Waals surface area contributed by atoms with E-state index in [1.54, 1.807) is 12.1 Å². The maximum absolute atomic E-state index is 13.0. The average molecular weight is 287 g/mol. The Morgan fingerprint density at radius 1 is 1.05 bits per heavy atom. The monoisotopic (exact) mass is 287 g/mol. The van der Waals surface area contributed by atoms with E-state index in [0.717, 1.165) is 18.5 Å². The van der Waals surface area contributed by atoms with Gasteiger partial charge < -0.3 is 10.1 Å². The third kappa shape index (κ3) is 5.56. The molecular weight excluding hydrogens is 265 g/mol. The summed E-state index contributed by atoms with van der Waals surface area (Å²) in [4.78, 5) is 0. The summed E-state index contributed by atoms with van der Waals surface area (Å²) < 4.78 is 18.6. The van der Waals surface area contributed by atoms with Gasteiger partial charge in [0.1, 0.15) is 18.2 Å². The molecule has 0 fully saturated rings. The van der Waals surface area contributed by atoms with Crippen molar-refractivity contribution in [2.75, 3.05) is 6.54 Å². The summed E-state index contributed by atoms with van der Waals surface area (Å²) >= 11 is 0. The van der Waals surface area contributed by atoms with Crippen LogP contribution in [0.2, 0.25) is 0 Å². The summed E-state index contributed by atoms with van der Waals surface area (Å²) in [7, 11) is 0. The molecule has 0 aliphatic heterocycles. The van der Waals surface area contributed by atoms with E-state index in [4.69, 9.17) is 4.74 Å². The molecule has 3 heteroatoms. The zero-order chi connectivity index (χ0) is 15.1. The molecule has 2 aromatic carbocycles. The van der Waals surface area contributed by atoms with Gasteiger partial charge >= 0.3 is 0 Å². The highest BCUT2D eigenvalue weighted by molar-refractivity contribution is 5.25. The number of rotatable bonds is 7. The lowest BCUT2D eigenvalue weighted by atomic mass is 10.1. The standard InChI is InChI=1S/C18H22FNO/c1-14(2)20-11-10-15-6-8-16(9-7-15)13-21-18-5-3-4-17(19)12-18/h3-9,12,14,20H,10-11,13H2,1-2H3. The summed E-state index contributed by atoms with van der Waals surface area (Å²) in [5.41, 5.74) is 2.39. The highest BCUT2D eigenvalue weighted by Crippen LogP contribution is 2.14. The molecule has 0 aliphatic carbocycles. The van der Waals surface area contributed by atoms with Crippen LogP contribution in [0.1, 0.15) is 25.0 Å². The van der Waals surface area contributed by atoms with Crippen LogP contribution in [0.4, 0.5) is 4.39 Å². The average Bonchev–Trinajstić information content (AvgIpc) is 2.46. The minimum absolute atomic E-state index is 0.277. The van der Waals surface area contributed by atoms with Crippen molar-refractivity contribution in [3.05, 3.63) is 65.5 Å². The summed E-state index contributed by atoms with van der Waals surface area (Å²) in [5.74, 6) is 0.278. The molecule has 112 valence electrons. The molecule has 0 radical (unpaired) electrons. The molecule has 0 aromatic heterocycles. The molecule has 0 aliphatic rings. The van der Waals surface area contributed by atoms with Crippen molar-refractivity contribution in [2.45, 2.75) is 32.9 Å². The molecule has 2 nitrogen and oxygen atoms in total. The van der Waals surface area contributed by atoms with Crippen molar-refractivity contribution >= 4 is 0 Å². The molecule has 0 saturated carbocycles. The Kier molecular flexibility index (Phi) is 5.76. The predicted molar refractivity (Wildman–Crippen MR) is 84.0 cm³/mol. The highest BCUT2D eigenvalue weighted by Gasteiger charge is 1.99. The lowest BCUT2D eigenvalue weighted by Gasteiger charge is -2.09. The third-order valence-electron chi connectivity index (χ3n) is 3.19. The van der Waals surface area contributed by atoms with E-state index in [9.17, 15) is 4.39 Å². The lowest BCUT2D eigenvalue weighted by Crippen LogP contribution is -2.24. The first-order chi connectivity index (χ1) is 10.1. The SMILES string of the molecule is CC(C)NCCc1ccc(COc2cccc(F)c2)cc1. The zero-order valence-corrected chi connectivity index (χ0v) is 12.6. The Labute approximate surface area is 126 Å². The quantitative estimate of drug-likeness (QED) is 0.832. The normalized spacial score (nSPS) is 10.9. The Morgan fingerprint density at radius 3 is 2.43 bits per heavy atom. The van der Waals surface area contributed by atoms with Gasteiger partial charge in [0.25, 0.3) is 0 Å².